The van der Waals surface area contributed by atoms with Crippen molar-refractivity contribution in [1.82, 2.24) is 4.90 Å². The Morgan fingerprint density at radius 1 is 1.13 bits per heavy atom. The molecule has 0 saturated carbocycles. The summed E-state index contributed by atoms with van der Waals surface area (Å²) in [4.78, 5) is 27.3. The first-order valence-corrected chi connectivity index (χ1v) is 8.79. The van der Waals surface area contributed by atoms with Crippen LogP contribution in [0.15, 0.2) is 23.1 Å². The highest BCUT2D eigenvalue weighted by Crippen LogP contribution is 2.36. The molecule has 0 unspecified atom stereocenters. The van der Waals surface area contributed by atoms with Crippen LogP contribution in [0.5, 0.6) is 0 Å². The second-order valence-electron chi connectivity index (χ2n) is 5.54. The second-order valence-corrected chi connectivity index (χ2v) is 6.82. The lowest BCUT2D eigenvalue weighted by Crippen LogP contribution is -2.33. The maximum atomic E-state index is 12.8. The number of thioether (sulfide) groups is 1. The number of benzene rings is 1. The molecule has 0 aliphatic carbocycles. The molecule has 124 valence electrons. The van der Waals surface area contributed by atoms with Gasteiger partial charge in [0, 0.05) is 20.3 Å². The molecular weight excluding hydrogens is 310 g/mol. The van der Waals surface area contributed by atoms with E-state index in [2.05, 4.69) is 0 Å². The molecule has 1 aromatic rings. The van der Waals surface area contributed by atoms with Gasteiger partial charge in [-0.1, -0.05) is 25.1 Å². The highest BCUT2D eigenvalue weighted by Gasteiger charge is 2.38. The van der Waals surface area contributed by atoms with Gasteiger partial charge in [-0.15, -0.1) is 11.8 Å². The van der Waals surface area contributed by atoms with Crippen LogP contribution in [-0.2, 0) is 14.3 Å². The highest BCUT2D eigenvalue weighted by atomic mass is 32.2. The Labute approximate surface area is 141 Å². The minimum atomic E-state index is -0.190. The zero-order valence-electron chi connectivity index (χ0n) is 14.1. The van der Waals surface area contributed by atoms with E-state index >= 15 is 0 Å². The zero-order chi connectivity index (χ0) is 17.0. The lowest BCUT2D eigenvalue weighted by atomic mass is 10.0. The Bertz CT molecular complexity index is 652. The number of methoxy groups -OCH3 is 1. The van der Waals surface area contributed by atoms with Gasteiger partial charge in [-0.05, 0) is 42.7 Å². The smallest absolute Gasteiger partial charge is 0.267 e. The molecular formula is C18H23NO3S. The number of nitrogens with zero attached hydrogens (tertiary/aromatic N) is 1. The average Bonchev–Trinajstić information content (AvgIpc) is 2.75. The topological polar surface area (TPSA) is 46.6 Å². The maximum absolute atomic E-state index is 12.8. The predicted molar refractivity (Wildman–Crippen MR) is 94.2 cm³/mol. The SMILES string of the molecule is CCSC1=C(c2ccc(C)c(C)c2)C(=O)N(CCCOC)C1=O. The van der Waals surface area contributed by atoms with E-state index in [1.54, 1.807) is 7.11 Å². The summed E-state index contributed by atoms with van der Waals surface area (Å²) in [5.41, 5.74) is 3.67. The van der Waals surface area contributed by atoms with Crippen molar-refractivity contribution in [3.63, 3.8) is 0 Å². The molecule has 2 rings (SSSR count). The van der Waals surface area contributed by atoms with E-state index in [1.165, 1.54) is 22.2 Å². The van der Waals surface area contributed by atoms with Crippen molar-refractivity contribution in [3.8, 4) is 0 Å². The molecule has 0 spiro atoms. The lowest BCUT2D eigenvalue weighted by Gasteiger charge is -2.14. The summed E-state index contributed by atoms with van der Waals surface area (Å²) in [5.74, 6) is 0.394. The lowest BCUT2D eigenvalue weighted by molar-refractivity contribution is -0.136. The Hall–Kier alpha value is -1.59. The monoisotopic (exact) mass is 333 g/mol. The van der Waals surface area contributed by atoms with Crippen LogP contribution >= 0.6 is 11.8 Å². The van der Waals surface area contributed by atoms with Gasteiger partial charge in [-0.25, -0.2) is 0 Å². The Morgan fingerprint density at radius 3 is 2.48 bits per heavy atom. The van der Waals surface area contributed by atoms with Crippen LogP contribution in [0.25, 0.3) is 5.57 Å². The van der Waals surface area contributed by atoms with Gasteiger partial charge in [0.05, 0.1) is 10.5 Å². The summed E-state index contributed by atoms with van der Waals surface area (Å²) in [6.07, 6.45) is 0.651. The van der Waals surface area contributed by atoms with E-state index in [0.29, 0.717) is 30.1 Å². The Kier molecular flexibility index (Phi) is 6.02. The van der Waals surface area contributed by atoms with Crippen LogP contribution in [0.3, 0.4) is 0 Å². The average molecular weight is 333 g/mol. The number of imide groups is 1. The van der Waals surface area contributed by atoms with Gasteiger partial charge in [0.15, 0.2) is 0 Å². The van der Waals surface area contributed by atoms with Crippen LogP contribution < -0.4 is 0 Å². The summed E-state index contributed by atoms with van der Waals surface area (Å²) in [6, 6.07) is 5.92. The number of aryl methyl sites for hydroxylation is 2. The van der Waals surface area contributed by atoms with Crippen molar-refractivity contribution in [3.05, 3.63) is 39.8 Å². The third kappa shape index (κ3) is 3.67. The number of carbonyl (C=O) groups excluding carboxylic acids is 2. The Morgan fingerprint density at radius 2 is 1.87 bits per heavy atom. The normalized spacial score (nSPS) is 15.0. The van der Waals surface area contributed by atoms with Crippen molar-refractivity contribution in [2.45, 2.75) is 27.2 Å². The van der Waals surface area contributed by atoms with E-state index in [-0.39, 0.29) is 11.8 Å². The molecule has 0 N–H and O–H groups in total. The van der Waals surface area contributed by atoms with Gasteiger partial charge >= 0.3 is 0 Å². The summed E-state index contributed by atoms with van der Waals surface area (Å²) >= 11 is 1.44. The summed E-state index contributed by atoms with van der Waals surface area (Å²) < 4.78 is 5.02. The van der Waals surface area contributed by atoms with E-state index in [1.807, 2.05) is 39.0 Å². The van der Waals surface area contributed by atoms with Crippen molar-refractivity contribution in [2.24, 2.45) is 0 Å². The first-order valence-electron chi connectivity index (χ1n) is 7.81. The minimum Gasteiger partial charge on any atom is -0.385 e. The highest BCUT2D eigenvalue weighted by molar-refractivity contribution is 8.04. The van der Waals surface area contributed by atoms with Gasteiger partial charge in [-0.3, -0.25) is 14.5 Å². The first kappa shape index (κ1) is 17.8. The number of rotatable bonds is 7. The number of hydrogen-bond donors (Lipinski definition) is 0. The third-order valence-corrected chi connectivity index (χ3v) is 4.90. The fourth-order valence-corrected chi connectivity index (χ4v) is 3.43. The largest absolute Gasteiger partial charge is 0.385 e. The zero-order valence-corrected chi connectivity index (χ0v) is 15.0. The number of amides is 2. The fourth-order valence-electron chi connectivity index (χ4n) is 2.55. The molecule has 0 fully saturated rings. The first-order chi connectivity index (χ1) is 11.0. The quantitative estimate of drug-likeness (QED) is 0.568. The van der Waals surface area contributed by atoms with Crippen molar-refractivity contribution >= 4 is 29.1 Å². The van der Waals surface area contributed by atoms with Gasteiger partial charge in [0.25, 0.3) is 11.8 Å². The molecule has 2 amide bonds. The van der Waals surface area contributed by atoms with Crippen LogP contribution in [0.2, 0.25) is 0 Å². The van der Waals surface area contributed by atoms with Gasteiger partial charge in [0.2, 0.25) is 0 Å². The maximum Gasteiger partial charge on any atom is 0.267 e. The molecule has 0 saturated heterocycles. The van der Waals surface area contributed by atoms with Crippen LogP contribution in [0, 0.1) is 13.8 Å². The van der Waals surface area contributed by atoms with E-state index in [0.717, 1.165) is 16.9 Å². The molecule has 0 atom stereocenters. The molecule has 1 aromatic carbocycles. The molecule has 1 aliphatic heterocycles. The van der Waals surface area contributed by atoms with Gasteiger partial charge in [0.1, 0.15) is 0 Å². The van der Waals surface area contributed by atoms with Crippen LogP contribution in [0.4, 0.5) is 0 Å². The van der Waals surface area contributed by atoms with E-state index < -0.39 is 0 Å². The van der Waals surface area contributed by atoms with Crippen LogP contribution in [-0.4, -0.2) is 42.7 Å². The number of carbonyl (C=O) groups is 2. The van der Waals surface area contributed by atoms with Gasteiger partial charge < -0.3 is 4.74 Å². The molecule has 0 aromatic heterocycles. The molecule has 0 bridgehead atoms. The predicted octanol–water partition coefficient (Wildman–Crippen LogP) is 3.17. The summed E-state index contributed by atoms with van der Waals surface area (Å²) in [5, 5.41) is 0. The molecule has 1 heterocycles. The van der Waals surface area contributed by atoms with Crippen LogP contribution in [0.1, 0.15) is 30.0 Å². The summed E-state index contributed by atoms with van der Waals surface area (Å²) in [7, 11) is 1.62. The molecule has 5 heteroatoms. The standard InChI is InChI=1S/C18H23NO3S/c1-5-23-16-15(14-8-7-12(2)13(3)11-14)17(20)19(18(16)21)9-6-10-22-4/h7-8,11H,5-6,9-10H2,1-4H3. The number of hydrogen-bond acceptors (Lipinski definition) is 4. The van der Waals surface area contributed by atoms with Crippen molar-refractivity contribution in [2.75, 3.05) is 26.0 Å². The molecule has 23 heavy (non-hydrogen) atoms. The third-order valence-electron chi connectivity index (χ3n) is 3.94. The van der Waals surface area contributed by atoms with Crippen molar-refractivity contribution < 1.29 is 14.3 Å². The number of ether oxygens (including phenoxy) is 1. The summed E-state index contributed by atoms with van der Waals surface area (Å²) in [6.45, 7) is 6.97. The minimum absolute atomic E-state index is 0.175. The molecule has 4 nitrogen and oxygen atoms in total. The Balaban J connectivity index is 2.37. The van der Waals surface area contributed by atoms with E-state index in [4.69, 9.17) is 4.74 Å². The second kappa shape index (κ2) is 7.79. The molecule has 0 radical (unpaired) electrons. The fraction of sp³-hybridized carbons (Fsp3) is 0.444. The van der Waals surface area contributed by atoms with Crippen molar-refractivity contribution in [1.29, 1.82) is 0 Å². The van der Waals surface area contributed by atoms with E-state index in [9.17, 15) is 9.59 Å². The molecule has 1 aliphatic rings. The van der Waals surface area contributed by atoms with Gasteiger partial charge in [-0.2, -0.15) is 0 Å².